The molecule has 0 saturated carbocycles. The minimum absolute atomic E-state index is 0.0703. The van der Waals surface area contributed by atoms with E-state index < -0.39 is 0 Å². The number of carbonyl (C=O) groups is 2. The van der Waals surface area contributed by atoms with Crippen molar-refractivity contribution >= 4 is 17.6 Å². The Balaban J connectivity index is 1.69. The summed E-state index contributed by atoms with van der Waals surface area (Å²) in [6.07, 6.45) is 0.386. The standard InChI is InChI=1S/C21H31N5O2/c1-6-9-24-19(27)17-18(23(5)21(24)28)22-20-25(11-13(2)12-26(17)20)16-8-7-14(3)15(4)10-16/h7-8,10,13,17-18,20,22H,6,9,11-12H2,1-5H3. The minimum Gasteiger partial charge on any atom is -0.343 e. The fourth-order valence-corrected chi connectivity index (χ4v) is 4.75. The Morgan fingerprint density at radius 3 is 2.57 bits per heavy atom. The molecule has 0 radical (unpaired) electrons. The summed E-state index contributed by atoms with van der Waals surface area (Å²) in [7, 11) is 1.80. The first kappa shape index (κ1) is 19.2. The maximum absolute atomic E-state index is 13.2. The number of likely N-dealkylation sites (N-methyl/N-ethyl adjacent to an activating group) is 1. The SMILES string of the molecule is CCCN1C(=O)C2C(NC3N(c4ccc(C)c(C)c4)CC(C)CN23)N(C)C1=O. The van der Waals surface area contributed by atoms with Crippen LogP contribution in [-0.2, 0) is 4.79 Å². The summed E-state index contributed by atoms with van der Waals surface area (Å²) in [4.78, 5) is 33.7. The van der Waals surface area contributed by atoms with Gasteiger partial charge in [-0.25, -0.2) is 4.79 Å². The first-order valence-corrected chi connectivity index (χ1v) is 10.3. The molecule has 1 aromatic rings. The zero-order valence-corrected chi connectivity index (χ0v) is 17.5. The molecule has 4 atom stereocenters. The third kappa shape index (κ3) is 2.88. The summed E-state index contributed by atoms with van der Waals surface area (Å²) in [5.74, 6) is 0.354. The molecule has 0 bridgehead atoms. The lowest BCUT2D eigenvalue weighted by molar-refractivity contribution is -0.138. The molecule has 3 aliphatic rings. The molecule has 152 valence electrons. The van der Waals surface area contributed by atoms with Gasteiger partial charge in [0.15, 0.2) is 0 Å². The summed E-state index contributed by atoms with van der Waals surface area (Å²) in [5.41, 5.74) is 3.69. The van der Waals surface area contributed by atoms with Crippen molar-refractivity contribution in [1.82, 2.24) is 20.0 Å². The van der Waals surface area contributed by atoms with Crippen LogP contribution in [0.2, 0.25) is 0 Å². The largest absolute Gasteiger partial charge is 0.343 e. The van der Waals surface area contributed by atoms with Crippen molar-refractivity contribution < 1.29 is 9.59 Å². The Bertz CT molecular complexity index is 797. The first-order valence-electron chi connectivity index (χ1n) is 10.3. The number of nitrogens with one attached hydrogen (secondary N) is 1. The monoisotopic (exact) mass is 385 g/mol. The highest BCUT2D eigenvalue weighted by Crippen LogP contribution is 2.34. The highest BCUT2D eigenvalue weighted by Gasteiger charge is 2.56. The Labute approximate surface area is 167 Å². The summed E-state index contributed by atoms with van der Waals surface area (Å²) < 4.78 is 0. The van der Waals surface area contributed by atoms with Crippen LogP contribution < -0.4 is 10.2 Å². The van der Waals surface area contributed by atoms with Crippen LogP contribution in [-0.4, -0.2) is 71.8 Å². The molecule has 3 saturated heterocycles. The predicted octanol–water partition coefficient (Wildman–Crippen LogP) is 1.95. The third-order valence-electron chi connectivity index (χ3n) is 6.35. The van der Waals surface area contributed by atoms with E-state index in [1.54, 1.807) is 11.9 Å². The van der Waals surface area contributed by atoms with Crippen molar-refractivity contribution in [1.29, 1.82) is 0 Å². The third-order valence-corrected chi connectivity index (χ3v) is 6.35. The predicted molar refractivity (Wildman–Crippen MR) is 109 cm³/mol. The van der Waals surface area contributed by atoms with Crippen LogP contribution in [0.5, 0.6) is 0 Å². The van der Waals surface area contributed by atoms with Crippen molar-refractivity contribution in [2.75, 3.05) is 31.6 Å². The van der Waals surface area contributed by atoms with Crippen molar-refractivity contribution in [2.24, 2.45) is 5.92 Å². The van der Waals surface area contributed by atoms with Gasteiger partial charge < -0.3 is 9.80 Å². The number of carbonyl (C=O) groups excluding carboxylic acids is 2. The van der Waals surface area contributed by atoms with Gasteiger partial charge in [0, 0.05) is 32.4 Å². The average Bonchev–Trinajstić information content (AvgIpc) is 3.04. The van der Waals surface area contributed by atoms with Gasteiger partial charge in [0.05, 0.1) is 0 Å². The van der Waals surface area contributed by atoms with Gasteiger partial charge in [-0.3, -0.25) is 19.9 Å². The molecule has 3 aliphatic heterocycles. The Morgan fingerprint density at radius 1 is 1.14 bits per heavy atom. The summed E-state index contributed by atoms with van der Waals surface area (Å²) >= 11 is 0. The Hall–Kier alpha value is -2.12. The van der Waals surface area contributed by atoms with Gasteiger partial charge in [-0.15, -0.1) is 0 Å². The van der Waals surface area contributed by atoms with Crippen LogP contribution in [0.25, 0.3) is 0 Å². The molecule has 4 rings (SSSR count). The highest BCUT2D eigenvalue weighted by atomic mass is 16.2. The number of nitrogens with zero attached hydrogens (tertiary/aromatic N) is 4. The van der Waals surface area contributed by atoms with Gasteiger partial charge in [0.2, 0.25) is 0 Å². The van der Waals surface area contributed by atoms with E-state index >= 15 is 0 Å². The number of amides is 3. The second-order valence-electron chi connectivity index (χ2n) is 8.54. The fourth-order valence-electron chi connectivity index (χ4n) is 4.75. The van der Waals surface area contributed by atoms with Crippen LogP contribution in [0.3, 0.4) is 0 Å². The summed E-state index contributed by atoms with van der Waals surface area (Å²) in [6, 6.07) is 5.99. The maximum Gasteiger partial charge on any atom is 0.327 e. The zero-order valence-electron chi connectivity index (χ0n) is 17.5. The fraction of sp³-hybridized carbons (Fsp3) is 0.619. The number of anilines is 1. The molecule has 3 amide bonds. The Kier molecular flexibility index (Phi) is 4.83. The molecule has 28 heavy (non-hydrogen) atoms. The molecular weight excluding hydrogens is 354 g/mol. The van der Waals surface area contributed by atoms with Crippen LogP contribution in [0, 0.1) is 19.8 Å². The van der Waals surface area contributed by atoms with E-state index in [2.05, 4.69) is 54.1 Å². The van der Waals surface area contributed by atoms with Crippen LogP contribution in [0.15, 0.2) is 18.2 Å². The highest BCUT2D eigenvalue weighted by molar-refractivity contribution is 6.00. The van der Waals surface area contributed by atoms with Crippen LogP contribution in [0.1, 0.15) is 31.4 Å². The van der Waals surface area contributed by atoms with Gasteiger partial charge in [-0.05, 0) is 49.4 Å². The molecule has 4 unspecified atom stereocenters. The average molecular weight is 386 g/mol. The van der Waals surface area contributed by atoms with Crippen LogP contribution in [0.4, 0.5) is 10.5 Å². The number of hydrogen-bond donors (Lipinski definition) is 1. The van der Waals surface area contributed by atoms with Crippen molar-refractivity contribution in [3.05, 3.63) is 29.3 Å². The first-order chi connectivity index (χ1) is 13.3. The smallest absolute Gasteiger partial charge is 0.327 e. The number of imide groups is 1. The topological polar surface area (TPSA) is 59.1 Å². The van der Waals surface area contributed by atoms with E-state index in [4.69, 9.17) is 0 Å². The molecule has 0 aromatic heterocycles. The molecule has 0 spiro atoms. The van der Waals surface area contributed by atoms with E-state index in [-0.39, 0.29) is 30.4 Å². The summed E-state index contributed by atoms with van der Waals surface area (Å²) in [5, 5.41) is 3.58. The number of benzene rings is 1. The van der Waals surface area contributed by atoms with E-state index in [0.29, 0.717) is 12.5 Å². The lowest BCUT2D eigenvalue weighted by Crippen LogP contribution is -2.66. The van der Waals surface area contributed by atoms with Gasteiger partial charge in [0.25, 0.3) is 5.91 Å². The van der Waals surface area contributed by atoms with Crippen LogP contribution >= 0.6 is 0 Å². The molecule has 0 aliphatic carbocycles. The van der Waals surface area contributed by atoms with Crippen molar-refractivity contribution in [3.8, 4) is 0 Å². The molecule has 1 aromatic carbocycles. The van der Waals surface area contributed by atoms with Gasteiger partial charge in [-0.2, -0.15) is 0 Å². The molecule has 7 heteroatoms. The quantitative estimate of drug-likeness (QED) is 0.862. The number of fused-ring (bicyclic) bond motifs is 3. The number of rotatable bonds is 3. The second kappa shape index (κ2) is 7.04. The van der Waals surface area contributed by atoms with Gasteiger partial charge in [0.1, 0.15) is 18.5 Å². The van der Waals surface area contributed by atoms with Crippen molar-refractivity contribution in [2.45, 2.75) is 52.6 Å². The van der Waals surface area contributed by atoms with Gasteiger partial charge >= 0.3 is 6.03 Å². The van der Waals surface area contributed by atoms with Crippen molar-refractivity contribution in [3.63, 3.8) is 0 Å². The van der Waals surface area contributed by atoms with E-state index in [1.807, 2.05) is 6.92 Å². The van der Waals surface area contributed by atoms with Gasteiger partial charge in [-0.1, -0.05) is 19.9 Å². The van der Waals surface area contributed by atoms with E-state index in [0.717, 1.165) is 25.2 Å². The number of urea groups is 1. The molecule has 3 fully saturated rings. The lowest BCUT2D eigenvalue weighted by atomic mass is 10.0. The van der Waals surface area contributed by atoms with E-state index in [1.165, 1.54) is 16.0 Å². The number of hydrogen-bond acceptors (Lipinski definition) is 5. The Morgan fingerprint density at radius 2 is 1.89 bits per heavy atom. The lowest BCUT2D eigenvalue weighted by Gasteiger charge is -2.46. The second-order valence-corrected chi connectivity index (χ2v) is 8.54. The molecular formula is C21H31N5O2. The molecule has 7 nitrogen and oxygen atoms in total. The number of aryl methyl sites for hydroxylation is 2. The molecule has 3 heterocycles. The maximum atomic E-state index is 13.2. The minimum atomic E-state index is -0.337. The summed E-state index contributed by atoms with van der Waals surface area (Å²) in [6.45, 7) is 10.7. The molecule has 1 N–H and O–H groups in total. The normalized spacial score (nSPS) is 30.7. The zero-order chi connectivity index (χ0) is 20.2. The van der Waals surface area contributed by atoms with E-state index in [9.17, 15) is 9.59 Å².